The van der Waals surface area contributed by atoms with Crippen molar-refractivity contribution < 1.29 is 19.1 Å². The molecule has 6 heteroatoms. The normalized spacial score (nSPS) is 34.1. The van der Waals surface area contributed by atoms with Crippen molar-refractivity contribution in [1.82, 2.24) is 9.80 Å². The van der Waals surface area contributed by atoms with Gasteiger partial charge >= 0.3 is 11.9 Å². The predicted octanol–water partition coefficient (Wildman–Crippen LogP) is 8.69. The van der Waals surface area contributed by atoms with E-state index >= 15 is 0 Å². The third-order valence-electron chi connectivity index (χ3n) is 16.3. The van der Waals surface area contributed by atoms with Crippen molar-refractivity contribution in [2.45, 2.75) is 151 Å². The number of carbonyl (C=O) groups excluding carboxylic acids is 2. The second-order valence-corrected chi connectivity index (χ2v) is 18.7. The topological polar surface area (TPSA) is 59.1 Å². The van der Waals surface area contributed by atoms with Gasteiger partial charge in [0.2, 0.25) is 0 Å². The Morgan fingerprint density at radius 2 is 1.04 bits per heavy atom. The molecule has 8 aliphatic rings. The van der Waals surface area contributed by atoms with Gasteiger partial charge in [0.15, 0.2) is 0 Å². The zero-order valence-electron chi connectivity index (χ0n) is 31.4. The first-order chi connectivity index (χ1) is 25.5. The van der Waals surface area contributed by atoms with Gasteiger partial charge in [0.05, 0.1) is 12.8 Å². The van der Waals surface area contributed by atoms with E-state index in [0.717, 1.165) is 24.7 Å². The largest absolute Gasteiger partial charge is 0.427 e. The maximum absolute atomic E-state index is 13.2. The highest BCUT2D eigenvalue weighted by molar-refractivity contribution is 5.80. The van der Waals surface area contributed by atoms with Gasteiger partial charge in [0, 0.05) is 36.0 Å². The van der Waals surface area contributed by atoms with Crippen LogP contribution in [0.15, 0.2) is 36.4 Å². The minimum atomic E-state index is -0.354. The van der Waals surface area contributed by atoms with Gasteiger partial charge in [-0.2, -0.15) is 0 Å². The molecule has 0 unspecified atom stereocenters. The van der Waals surface area contributed by atoms with Gasteiger partial charge < -0.3 is 9.47 Å². The lowest BCUT2D eigenvalue weighted by molar-refractivity contribution is -0.140. The van der Waals surface area contributed by atoms with Gasteiger partial charge in [-0.25, -0.2) is 0 Å². The summed E-state index contributed by atoms with van der Waals surface area (Å²) < 4.78 is 11.9. The molecule has 4 saturated carbocycles. The van der Waals surface area contributed by atoms with E-state index < -0.39 is 0 Å². The molecular formula is C46H60N2O4. The molecule has 0 aromatic heterocycles. The molecule has 2 saturated heterocycles. The van der Waals surface area contributed by atoms with Crippen LogP contribution in [-0.4, -0.2) is 60.0 Å². The van der Waals surface area contributed by atoms with Crippen molar-refractivity contribution in [2.24, 2.45) is 23.7 Å². The Bertz CT molecular complexity index is 1570. The molecule has 6 aliphatic carbocycles. The number of ether oxygens (including phenoxy) is 2. The van der Waals surface area contributed by atoms with Crippen LogP contribution in [0.4, 0.5) is 0 Å². The fourth-order valence-electron chi connectivity index (χ4n) is 13.3. The molecule has 2 aliphatic heterocycles. The standard InChI is InChI=1S/C46H60N2O4/c49-43(51-35-15-13-33-25-41-37-11-1-3-19-45(37,39(33)27-35)21-23-47(41)29-31-7-5-8-31)17-18-44(50)52-36-16-14-34-26-42-38-12-2-4-20-46(38,40(34)28-36)22-24-48(42)30-32-9-6-10-32/h13-16,27-28,31-32,37-38,41-42H,1-12,17-26,29-30H2/t37-,38-,41-,42-,45-,46-/m0/s1. The zero-order valence-corrected chi connectivity index (χ0v) is 31.4. The first-order valence-electron chi connectivity index (χ1n) is 21.6. The van der Waals surface area contributed by atoms with E-state index in [2.05, 4.69) is 34.1 Å². The van der Waals surface area contributed by atoms with Gasteiger partial charge in [0.25, 0.3) is 0 Å². The van der Waals surface area contributed by atoms with Crippen LogP contribution in [0.2, 0.25) is 0 Å². The Kier molecular flexibility index (Phi) is 8.82. The second-order valence-electron chi connectivity index (χ2n) is 18.7. The number of esters is 2. The number of nitrogens with zero attached hydrogens (tertiary/aromatic N) is 2. The zero-order chi connectivity index (χ0) is 34.9. The fourth-order valence-corrected chi connectivity index (χ4v) is 13.3. The summed E-state index contributed by atoms with van der Waals surface area (Å²) in [5.41, 5.74) is 6.26. The Labute approximate surface area is 311 Å². The van der Waals surface area contributed by atoms with Crippen LogP contribution in [0.25, 0.3) is 0 Å². The summed E-state index contributed by atoms with van der Waals surface area (Å²) in [6, 6.07) is 14.2. The van der Waals surface area contributed by atoms with Crippen LogP contribution in [0.1, 0.15) is 138 Å². The van der Waals surface area contributed by atoms with Crippen molar-refractivity contribution in [3.05, 3.63) is 58.7 Å². The number of rotatable bonds is 9. The molecule has 52 heavy (non-hydrogen) atoms. The minimum absolute atomic E-state index is 0.0251. The van der Waals surface area contributed by atoms with E-state index in [4.69, 9.17) is 9.47 Å². The molecule has 2 aromatic carbocycles. The third kappa shape index (κ3) is 5.79. The van der Waals surface area contributed by atoms with Crippen LogP contribution in [0, 0.1) is 23.7 Å². The number of piperidine rings is 2. The van der Waals surface area contributed by atoms with E-state index in [-0.39, 0.29) is 35.6 Å². The average molecular weight is 705 g/mol. The van der Waals surface area contributed by atoms with Crippen LogP contribution in [-0.2, 0) is 33.3 Å². The third-order valence-corrected chi connectivity index (χ3v) is 16.3. The molecular weight excluding hydrogens is 645 g/mol. The molecule has 0 radical (unpaired) electrons. The van der Waals surface area contributed by atoms with Crippen LogP contribution in [0.3, 0.4) is 0 Å². The van der Waals surface area contributed by atoms with E-state index in [1.165, 1.54) is 151 Å². The van der Waals surface area contributed by atoms with Crippen molar-refractivity contribution >= 4 is 11.9 Å². The van der Waals surface area contributed by atoms with E-state index in [9.17, 15) is 9.59 Å². The molecule has 2 heterocycles. The maximum atomic E-state index is 13.2. The minimum Gasteiger partial charge on any atom is -0.427 e. The lowest BCUT2D eigenvalue weighted by atomic mass is 9.52. The molecule has 6 atom stereocenters. The summed E-state index contributed by atoms with van der Waals surface area (Å²) in [7, 11) is 0. The number of carbonyl (C=O) groups is 2. The number of fused-ring (bicyclic) bond motifs is 2. The maximum Gasteiger partial charge on any atom is 0.311 e. The Morgan fingerprint density at radius 3 is 1.46 bits per heavy atom. The van der Waals surface area contributed by atoms with Crippen LogP contribution >= 0.6 is 0 Å². The summed E-state index contributed by atoms with van der Waals surface area (Å²) in [5, 5.41) is 0. The molecule has 6 nitrogen and oxygen atoms in total. The lowest BCUT2D eigenvalue weighted by Crippen LogP contribution is -2.61. The molecule has 0 spiro atoms. The lowest BCUT2D eigenvalue weighted by Gasteiger charge is -2.59. The highest BCUT2D eigenvalue weighted by atomic mass is 16.5. The van der Waals surface area contributed by atoms with Crippen LogP contribution in [0.5, 0.6) is 11.5 Å². The van der Waals surface area contributed by atoms with Gasteiger partial charge in [0.1, 0.15) is 11.5 Å². The number of likely N-dealkylation sites (tertiary alicyclic amines) is 2. The summed E-state index contributed by atoms with van der Waals surface area (Å²) in [4.78, 5) is 32.0. The van der Waals surface area contributed by atoms with E-state index in [1.807, 2.05) is 12.1 Å². The SMILES string of the molecule is O=C(CCC(=O)Oc1ccc2c(c1)[C@]13CCCC[C@H]1[C@H](C2)N(CC1CCC1)CC3)Oc1ccc2c(c1)[C@]13CCCC[C@H]1[C@H](C2)N(CC1CCC1)CC3. The molecule has 10 rings (SSSR count). The predicted molar refractivity (Wildman–Crippen MR) is 203 cm³/mol. The number of benzene rings is 2. The van der Waals surface area contributed by atoms with Gasteiger partial charge in [-0.05, 0) is 160 Å². The first kappa shape index (κ1) is 33.8. The molecule has 278 valence electrons. The molecule has 2 aromatic rings. The summed E-state index contributed by atoms with van der Waals surface area (Å²) in [6.45, 7) is 4.99. The average Bonchev–Trinajstić information content (AvgIpc) is 3.12. The van der Waals surface area contributed by atoms with Gasteiger partial charge in [-0.3, -0.25) is 19.4 Å². The fraction of sp³-hybridized carbons (Fsp3) is 0.696. The Hall–Kier alpha value is -2.70. The molecule has 0 amide bonds. The summed E-state index contributed by atoms with van der Waals surface area (Å²) in [6.07, 6.45) is 23.6. The van der Waals surface area contributed by atoms with Crippen molar-refractivity contribution in [1.29, 1.82) is 0 Å². The summed E-state index contributed by atoms with van der Waals surface area (Å²) in [5.74, 6) is 3.80. The monoisotopic (exact) mass is 704 g/mol. The number of hydrogen-bond acceptors (Lipinski definition) is 6. The van der Waals surface area contributed by atoms with Crippen molar-refractivity contribution in [2.75, 3.05) is 26.2 Å². The molecule has 6 fully saturated rings. The van der Waals surface area contributed by atoms with Crippen molar-refractivity contribution in [3.8, 4) is 11.5 Å². The quantitative estimate of drug-likeness (QED) is 0.192. The molecule has 4 bridgehead atoms. The second kappa shape index (κ2) is 13.6. The Balaban J connectivity index is 0.785. The highest BCUT2D eigenvalue weighted by Gasteiger charge is 2.55. The Morgan fingerprint density at radius 1 is 0.577 bits per heavy atom. The van der Waals surface area contributed by atoms with E-state index in [1.54, 1.807) is 0 Å². The summed E-state index contributed by atoms with van der Waals surface area (Å²) >= 11 is 0. The smallest absolute Gasteiger partial charge is 0.311 e. The first-order valence-corrected chi connectivity index (χ1v) is 21.6. The van der Waals surface area contributed by atoms with Crippen molar-refractivity contribution in [3.63, 3.8) is 0 Å². The molecule has 0 N–H and O–H groups in total. The highest BCUT2D eigenvalue weighted by Crippen LogP contribution is 2.58. The van der Waals surface area contributed by atoms with Gasteiger partial charge in [-0.15, -0.1) is 0 Å². The van der Waals surface area contributed by atoms with E-state index in [0.29, 0.717) is 35.4 Å². The van der Waals surface area contributed by atoms with Crippen LogP contribution < -0.4 is 9.47 Å². The van der Waals surface area contributed by atoms with Gasteiger partial charge in [-0.1, -0.05) is 50.7 Å². The number of hydrogen-bond donors (Lipinski definition) is 0.